The van der Waals surface area contributed by atoms with E-state index in [1.807, 2.05) is 30.3 Å². The van der Waals surface area contributed by atoms with Crippen molar-refractivity contribution in [2.24, 2.45) is 0 Å². The first-order valence-corrected chi connectivity index (χ1v) is 8.57. The zero-order valence-corrected chi connectivity index (χ0v) is 14.1. The summed E-state index contributed by atoms with van der Waals surface area (Å²) >= 11 is 0. The molecule has 0 amide bonds. The van der Waals surface area contributed by atoms with Crippen molar-refractivity contribution in [3.05, 3.63) is 48.0 Å². The van der Waals surface area contributed by atoms with E-state index in [9.17, 15) is 9.90 Å². The summed E-state index contributed by atoms with van der Waals surface area (Å²) in [6.45, 7) is 0. The number of carboxylic acid groups (broad SMARTS) is 1. The molecule has 1 aliphatic carbocycles. The van der Waals surface area contributed by atoms with E-state index in [-0.39, 0.29) is 5.56 Å². The minimum Gasteiger partial charge on any atom is -0.497 e. The lowest BCUT2D eigenvalue weighted by Crippen LogP contribution is -2.06. The lowest BCUT2D eigenvalue weighted by Gasteiger charge is -2.16. The van der Waals surface area contributed by atoms with Gasteiger partial charge >= 0.3 is 5.97 Å². The summed E-state index contributed by atoms with van der Waals surface area (Å²) in [6, 6.07) is 13.5. The predicted molar refractivity (Wildman–Crippen MR) is 96.2 cm³/mol. The Morgan fingerprint density at radius 3 is 2.52 bits per heavy atom. The van der Waals surface area contributed by atoms with E-state index in [1.165, 1.54) is 12.8 Å². The van der Waals surface area contributed by atoms with Gasteiger partial charge in [-0.15, -0.1) is 0 Å². The van der Waals surface area contributed by atoms with E-state index in [2.05, 4.69) is 4.57 Å². The van der Waals surface area contributed by atoms with Crippen LogP contribution in [0.4, 0.5) is 0 Å². The molecular formula is C20H20N2O3. The fourth-order valence-corrected chi connectivity index (χ4v) is 3.71. The molecule has 0 bridgehead atoms. The molecule has 4 rings (SSSR count). The van der Waals surface area contributed by atoms with Crippen LogP contribution in [0.2, 0.25) is 0 Å². The van der Waals surface area contributed by atoms with Crippen molar-refractivity contribution < 1.29 is 14.6 Å². The van der Waals surface area contributed by atoms with E-state index in [0.29, 0.717) is 6.04 Å². The van der Waals surface area contributed by atoms with E-state index in [0.717, 1.165) is 41.0 Å². The molecular weight excluding hydrogens is 316 g/mol. The van der Waals surface area contributed by atoms with Crippen molar-refractivity contribution in [2.45, 2.75) is 31.7 Å². The van der Waals surface area contributed by atoms with Gasteiger partial charge in [0.05, 0.1) is 23.7 Å². The third-order valence-electron chi connectivity index (χ3n) is 4.97. The van der Waals surface area contributed by atoms with Crippen molar-refractivity contribution in [3.63, 3.8) is 0 Å². The average Bonchev–Trinajstić information content (AvgIpc) is 3.28. The molecule has 5 nitrogen and oxygen atoms in total. The number of carboxylic acids is 1. The largest absolute Gasteiger partial charge is 0.497 e. The second kappa shape index (κ2) is 6.24. The number of methoxy groups -OCH3 is 1. The molecule has 1 heterocycles. The number of hydrogen-bond donors (Lipinski definition) is 1. The molecule has 128 valence electrons. The van der Waals surface area contributed by atoms with Gasteiger partial charge in [0, 0.05) is 11.6 Å². The number of imidazole rings is 1. The number of aromatic nitrogens is 2. The molecule has 1 N–H and O–H groups in total. The predicted octanol–water partition coefficient (Wildman–Crippen LogP) is 4.53. The highest BCUT2D eigenvalue weighted by atomic mass is 16.5. The van der Waals surface area contributed by atoms with Crippen molar-refractivity contribution >= 4 is 17.0 Å². The topological polar surface area (TPSA) is 64.3 Å². The zero-order chi connectivity index (χ0) is 17.4. The van der Waals surface area contributed by atoms with Crippen molar-refractivity contribution in [2.75, 3.05) is 7.11 Å². The Morgan fingerprint density at radius 1 is 1.16 bits per heavy atom. The Morgan fingerprint density at radius 2 is 1.88 bits per heavy atom. The summed E-state index contributed by atoms with van der Waals surface area (Å²) in [4.78, 5) is 16.1. The maximum Gasteiger partial charge on any atom is 0.335 e. The van der Waals surface area contributed by atoms with Crippen LogP contribution in [-0.2, 0) is 0 Å². The first-order chi connectivity index (χ1) is 12.2. The maximum atomic E-state index is 11.3. The van der Waals surface area contributed by atoms with E-state index in [4.69, 9.17) is 9.72 Å². The smallest absolute Gasteiger partial charge is 0.335 e. The Balaban J connectivity index is 1.90. The van der Waals surface area contributed by atoms with Gasteiger partial charge in [-0.3, -0.25) is 0 Å². The Kier molecular flexibility index (Phi) is 3.92. The first-order valence-electron chi connectivity index (χ1n) is 8.57. The monoisotopic (exact) mass is 336 g/mol. The summed E-state index contributed by atoms with van der Waals surface area (Å²) in [6.07, 6.45) is 4.71. The normalized spacial score (nSPS) is 14.9. The third-order valence-corrected chi connectivity index (χ3v) is 4.97. The minimum atomic E-state index is -0.927. The molecule has 0 radical (unpaired) electrons. The maximum absolute atomic E-state index is 11.3. The van der Waals surface area contributed by atoms with Gasteiger partial charge in [0.25, 0.3) is 0 Å². The Bertz CT molecular complexity index is 922. The second-order valence-corrected chi connectivity index (χ2v) is 6.48. The van der Waals surface area contributed by atoms with Crippen LogP contribution in [0.5, 0.6) is 5.75 Å². The summed E-state index contributed by atoms with van der Waals surface area (Å²) in [5.74, 6) is 0.774. The van der Waals surface area contributed by atoms with Crippen molar-refractivity contribution in [3.8, 4) is 17.1 Å². The van der Waals surface area contributed by atoms with Gasteiger partial charge in [-0.2, -0.15) is 0 Å². The molecule has 1 aliphatic rings. The fraction of sp³-hybridized carbons (Fsp3) is 0.300. The highest BCUT2D eigenvalue weighted by molar-refractivity contribution is 5.93. The van der Waals surface area contributed by atoms with Gasteiger partial charge < -0.3 is 14.4 Å². The van der Waals surface area contributed by atoms with Crippen LogP contribution < -0.4 is 4.74 Å². The quantitative estimate of drug-likeness (QED) is 0.760. The molecule has 0 unspecified atom stereocenters. The summed E-state index contributed by atoms with van der Waals surface area (Å²) in [5, 5.41) is 9.26. The summed E-state index contributed by atoms with van der Waals surface area (Å²) in [7, 11) is 1.65. The SMILES string of the molecule is COc1ccc(-c2nc3cc(C(=O)O)ccc3n2C2CCCC2)cc1. The van der Waals surface area contributed by atoms with Crippen LogP contribution >= 0.6 is 0 Å². The van der Waals surface area contributed by atoms with Crippen LogP contribution in [0.15, 0.2) is 42.5 Å². The van der Waals surface area contributed by atoms with Gasteiger partial charge in [0.1, 0.15) is 11.6 Å². The van der Waals surface area contributed by atoms with Crippen molar-refractivity contribution in [1.29, 1.82) is 0 Å². The van der Waals surface area contributed by atoms with Gasteiger partial charge in [-0.05, 0) is 55.3 Å². The van der Waals surface area contributed by atoms with Crippen LogP contribution in [0.25, 0.3) is 22.4 Å². The van der Waals surface area contributed by atoms with Crippen LogP contribution in [0, 0.1) is 0 Å². The molecule has 5 heteroatoms. The number of carbonyl (C=O) groups is 1. The van der Waals surface area contributed by atoms with E-state index >= 15 is 0 Å². The van der Waals surface area contributed by atoms with Crippen LogP contribution in [0.3, 0.4) is 0 Å². The molecule has 0 spiro atoms. The van der Waals surface area contributed by atoms with E-state index < -0.39 is 5.97 Å². The fourth-order valence-electron chi connectivity index (χ4n) is 3.71. The number of benzene rings is 2. The van der Waals surface area contributed by atoms with Gasteiger partial charge in [0.15, 0.2) is 0 Å². The number of ether oxygens (including phenoxy) is 1. The molecule has 0 atom stereocenters. The molecule has 25 heavy (non-hydrogen) atoms. The molecule has 1 saturated carbocycles. The lowest BCUT2D eigenvalue weighted by molar-refractivity contribution is 0.0697. The highest BCUT2D eigenvalue weighted by Crippen LogP contribution is 2.37. The number of fused-ring (bicyclic) bond motifs is 1. The number of nitrogens with zero attached hydrogens (tertiary/aromatic N) is 2. The summed E-state index contributed by atoms with van der Waals surface area (Å²) < 4.78 is 7.53. The molecule has 2 aromatic carbocycles. The highest BCUT2D eigenvalue weighted by Gasteiger charge is 2.23. The lowest BCUT2D eigenvalue weighted by atomic mass is 10.1. The number of aromatic carboxylic acids is 1. The first kappa shape index (κ1) is 15.7. The van der Waals surface area contributed by atoms with Crippen LogP contribution in [-0.4, -0.2) is 27.7 Å². The molecule has 0 aliphatic heterocycles. The molecule has 1 aromatic heterocycles. The number of rotatable bonds is 4. The number of hydrogen-bond acceptors (Lipinski definition) is 3. The second-order valence-electron chi connectivity index (χ2n) is 6.48. The molecule has 1 fully saturated rings. The summed E-state index contributed by atoms with van der Waals surface area (Å²) in [5.41, 5.74) is 3.02. The standard InChI is InChI=1S/C20H20N2O3/c1-25-16-9-6-13(7-10-16)19-21-17-12-14(20(23)24)8-11-18(17)22(19)15-4-2-3-5-15/h6-12,15H,2-5H2,1H3,(H,23,24). The van der Waals surface area contributed by atoms with Gasteiger partial charge in [-0.1, -0.05) is 12.8 Å². The molecule has 0 saturated heterocycles. The third kappa shape index (κ3) is 2.76. The Labute approximate surface area is 145 Å². The van der Waals surface area contributed by atoms with Gasteiger partial charge in [-0.25, -0.2) is 9.78 Å². The average molecular weight is 336 g/mol. The molecule has 3 aromatic rings. The van der Waals surface area contributed by atoms with Crippen LogP contribution in [0.1, 0.15) is 42.1 Å². The van der Waals surface area contributed by atoms with Gasteiger partial charge in [0.2, 0.25) is 0 Å². The van der Waals surface area contributed by atoms with E-state index in [1.54, 1.807) is 19.2 Å². The minimum absolute atomic E-state index is 0.268. The Hall–Kier alpha value is -2.82. The zero-order valence-electron chi connectivity index (χ0n) is 14.1. The van der Waals surface area contributed by atoms with Crippen molar-refractivity contribution in [1.82, 2.24) is 9.55 Å².